The van der Waals surface area contributed by atoms with E-state index in [1.165, 1.54) is 17.6 Å². The Hall–Kier alpha value is -2.78. The van der Waals surface area contributed by atoms with E-state index in [0.717, 1.165) is 9.78 Å². The molecule has 0 radical (unpaired) electrons. The molecular weight excluding hydrogens is 388 g/mol. The Labute approximate surface area is 159 Å². The molecule has 0 saturated heterocycles. The van der Waals surface area contributed by atoms with Crippen LogP contribution in [0.15, 0.2) is 52.5 Å². The van der Waals surface area contributed by atoms with Gasteiger partial charge in [-0.3, -0.25) is 14.5 Å². The smallest absolute Gasteiger partial charge is 0.261 e. The van der Waals surface area contributed by atoms with Gasteiger partial charge in [0.2, 0.25) is 5.89 Å². The van der Waals surface area contributed by atoms with Gasteiger partial charge in [-0.1, -0.05) is 18.2 Å². The average molecular weight is 402 g/mol. The van der Waals surface area contributed by atoms with E-state index in [4.69, 9.17) is 4.42 Å². The molecule has 2 amide bonds. The van der Waals surface area contributed by atoms with Crippen LogP contribution in [-0.2, 0) is 15.6 Å². The zero-order valence-electron chi connectivity index (χ0n) is 14.0. The summed E-state index contributed by atoms with van der Waals surface area (Å²) in [6.45, 7) is -0.190. The number of carbonyl (C=O) groups is 2. The van der Waals surface area contributed by atoms with Crippen LogP contribution in [0.2, 0.25) is 0 Å². The quantitative estimate of drug-likeness (QED) is 0.588. The van der Waals surface area contributed by atoms with Gasteiger partial charge in [-0.05, 0) is 23.6 Å². The molecular formula is C18H14N2O5S2. The highest BCUT2D eigenvalue weighted by Crippen LogP contribution is 2.25. The molecule has 1 aliphatic rings. The minimum absolute atomic E-state index is 0.190. The minimum atomic E-state index is -3.58. The van der Waals surface area contributed by atoms with E-state index in [0.29, 0.717) is 22.7 Å². The van der Waals surface area contributed by atoms with Crippen molar-refractivity contribution in [2.75, 3.05) is 12.3 Å². The van der Waals surface area contributed by atoms with Crippen molar-refractivity contribution in [3.63, 3.8) is 0 Å². The zero-order valence-corrected chi connectivity index (χ0v) is 15.6. The van der Waals surface area contributed by atoms with Crippen molar-refractivity contribution in [3.05, 3.63) is 64.9 Å². The molecule has 7 nitrogen and oxygen atoms in total. The molecule has 2 aromatic heterocycles. The summed E-state index contributed by atoms with van der Waals surface area (Å²) in [4.78, 5) is 30.6. The van der Waals surface area contributed by atoms with Crippen molar-refractivity contribution in [1.82, 2.24) is 9.88 Å². The van der Waals surface area contributed by atoms with Gasteiger partial charge in [-0.25, -0.2) is 13.4 Å². The lowest BCUT2D eigenvalue weighted by atomic mass is 10.1. The largest absolute Gasteiger partial charge is 0.444 e. The molecule has 9 heteroatoms. The molecule has 0 fully saturated rings. The van der Waals surface area contributed by atoms with Gasteiger partial charge in [0.1, 0.15) is 6.26 Å². The first-order valence-electron chi connectivity index (χ1n) is 8.08. The van der Waals surface area contributed by atoms with E-state index in [1.807, 2.05) is 17.5 Å². The number of oxazole rings is 1. The first-order chi connectivity index (χ1) is 12.9. The monoisotopic (exact) mass is 402 g/mol. The summed E-state index contributed by atoms with van der Waals surface area (Å²) in [5.74, 6) is -1.21. The third kappa shape index (κ3) is 3.43. The van der Waals surface area contributed by atoms with Gasteiger partial charge >= 0.3 is 0 Å². The highest BCUT2D eigenvalue weighted by molar-refractivity contribution is 7.90. The molecule has 0 saturated carbocycles. The maximum Gasteiger partial charge on any atom is 0.261 e. The fourth-order valence-electron chi connectivity index (χ4n) is 2.86. The Morgan fingerprint density at radius 3 is 2.37 bits per heavy atom. The summed E-state index contributed by atoms with van der Waals surface area (Å²) in [6.07, 6.45) is 1.31. The summed E-state index contributed by atoms with van der Waals surface area (Å²) in [5.41, 5.74) is 0.898. The van der Waals surface area contributed by atoms with E-state index >= 15 is 0 Å². The SMILES string of the molecule is O=C1c2ccccc2C(=O)N1CCS(=O)(=O)Cc1coc(-c2cccs2)n1. The lowest BCUT2D eigenvalue weighted by Crippen LogP contribution is -2.34. The highest BCUT2D eigenvalue weighted by atomic mass is 32.2. The van der Waals surface area contributed by atoms with E-state index < -0.39 is 21.7 Å². The number of imide groups is 1. The van der Waals surface area contributed by atoms with E-state index in [9.17, 15) is 18.0 Å². The molecule has 4 rings (SSSR count). The highest BCUT2D eigenvalue weighted by Gasteiger charge is 2.35. The van der Waals surface area contributed by atoms with Gasteiger partial charge < -0.3 is 4.42 Å². The molecule has 3 heterocycles. The summed E-state index contributed by atoms with van der Waals surface area (Å²) in [5, 5.41) is 1.87. The van der Waals surface area contributed by atoms with Gasteiger partial charge in [0, 0.05) is 6.54 Å². The zero-order chi connectivity index (χ0) is 19.0. The molecule has 0 atom stereocenters. The second-order valence-corrected chi connectivity index (χ2v) is 9.15. The Morgan fingerprint density at radius 2 is 1.74 bits per heavy atom. The van der Waals surface area contributed by atoms with Crippen molar-refractivity contribution in [3.8, 4) is 10.8 Å². The van der Waals surface area contributed by atoms with Gasteiger partial charge in [0.05, 0.1) is 33.2 Å². The lowest BCUT2D eigenvalue weighted by molar-refractivity contribution is 0.0664. The number of aromatic nitrogens is 1. The fourth-order valence-corrected chi connectivity index (χ4v) is 4.70. The molecule has 3 aromatic rings. The first kappa shape index (κ1) is 17.6. The average Bonchev–Trinajstić information content (AvgIpc) is 3.36. The molecule has 138 valence electrons. The number of fused-ring (bicyclic) bond motifs is 1. The predicted octanol–water partition coefficient (Wildman–Crippen LogP) is 2.61. The van der Waals surface area contributed by atoms with Gasteiger partial charge in [-0.15, -0.1) is 11.3 Å². The standard InChI is InChI=1S/C18H14N2O5S2/c21-17-13-4-1-2-5-14(13)18(22)20(17)7-9-27(23,24)11-12-10-25-16(19-12)15-6-3-8-26-15/h1-6,8,10H,7,9,11H2. The molecule has 1 aromatic carbocycles. The summed E-state index contributed by atoms with van der Waals surface area (Å²) < 4.78 is 30.1. The predicted molar refractivity (Wildman–Crippen MR) is 99.1 cm³/mol. The number of benzene rings is 1. The Morgan fingerprint density at radius 1 is 1.04 bits per heavy atom. The first-order valence-corrected chi connectivity index (χ1v) is 10.8. The van der Waals surface area contributed by atoms with Crippen LogP contribution in [0, 0.1) is 0 Å². The van der Waals surface area contributed by atoms with Crippen LogP contribution < -0.4 is 0 Å². The van der Waals surface area contributed by atoms with Crippen molar-refractivity contribution in [2.45, 2.75) is 5.75 Å². The van der Waals surface area contributed by atoms with Crippen LogP contribution in [0.3, 0.4) is 0 Å². The number of hydrogen-bond donors (Lipinski definition) is 0. The Bertz CT molecular complexity index is 1080. The fraction of sp³-hybridized carbons (Fsp3) is 0.167. The number of rotatable bonds is 6. The number of sulfone groups is 1. The van der Waals surface area contributed by atoms with E-state index in [-0.39, 0.29) is 18.1 Å². The summed E-state index contributed by atoms with van der Waals surface area (Å²) in [7, 11) is -3.58. The number of hydrogen-bond acceptors (Lipinski definition) is 7. The van der Waals surface area contributed by atoms with Crippen LogP contribution in [0.1, 0.15) is 26.4 Å². The summed E-state index contributed by atoms with van der Waals surface area (Å²) >= 11 is 1.44. The Balaban J connectivity index is 1.43. The van der Waals surface area contributed by atoms with Crippen molar-refractivity contribution in [2.24, 2.45) is 0 Å². The van der Waals surface area contributed by atoms with Crippen molar-refractivity contribution < 1.29 is 22.4 Å². The topological polar surface area (TPSA) is 97.6 Å². The van der Waals surface area contributed by atoms with Crippen LogP contribution in [0.5, 0.6) is 0 Å². The lowest BCUT2D eigenvalue weighted by Gasteiger charge is -2.13. The molecule has 27 heavy (non-hydrogen) atoms. The van der Waals surface area contributed by atoms with Crippen LogP contribution in [-0.4, -0.2) is 42.4 Å². The number of amides is 2. The van der Waals surface area contributed by atoms with Gasteiger partial charge in [0.25, 0.3) is 11.8 Å². The van der Waals surface area contributed by atoms with E-state index in [2.05, 4.69) is 4.98 Å². The number of nitrogens with zero attached hydrogens (tertiary/aromatic N) is 2. The minimum Gasteiger partial charge on any atom is -0.444 e. The molecule has 0 unspecified atom stereocenters. The molecule has 0 aliphatic carbocycles. The maximum absolute atomic E-state index is 12.4. The molecule has 0 bridgehead atoms. The second kappa shape index (κ2) is 6.75. The van der Waals surface area contributed by atoms with Crippen molar-refractivity contribution >= 4 is 33.0 Å². The number of thiophene rings is 1. The molecule has 1 aliphatic heterocycles. The summed E-state index contributed by atoms with van der Waals surface area (Å²) in [6, 6.07) is 10.1. The van der Waals surface area contributed by atoms with Gasteiger partial charge in [-0.2, -0.15) is 0 Å². The third-order valence-electron chi connectivity index (χ3n) is 4.16. The third-order valence-corrected chi connectivity index (χ3v) is 6.55. The maximum atomic E-state index is 12.4. The molecule has 0 N–H and O–H groups in total. The van der Waals surface area contributed by atoms with Crippen LogP contribution in [0.4, 0.5) is 0 Å². The Kier molecular flexibility index (Phi) is 4.40. The van der Waals surface area contributed by atoms with Gasteiger partial charge in [0.15, 0.2) is 9.84 Å². The van der Waals surface area contributed by atoms with Crippen LogP contribution >= 0.6 is 11.3 Å². The molecule has 0 spiro atoms. The second-order valence-electron chi connectivity index (χ2n) is 6.02. The van der Waals surface area contributed by atoms with Crippen LogP contribution in [0.25, 0.3) is 10.8 Å². The number of carbonyl (C=O) groups excluding carboxylic acids is 2. The van der Waals surface area contributed by atoms with E-state index in [1.54, 1.807) is 24.3 Å². The normalized spacial score (nSPS) is 14.0. The van der Waals surface area contributed by atoms with Crippen molar-refractivity contribution in [1.29, 1.82) is 0 Å².